The van der Waals surface area contributed by atoms with E-state index in [4.69, 9.17) is 9.47 Å². The van der Waals surface area contributed by atoms with E-state index in [9.17, 15) is 30.3 Å². The number of amides is 1. The second kappa shape index (κ2) is 47.3. The lowest BCUT2D eigenvalue weighted by atomic mass is 9.99. The van der Waals surface area contributed by atoms with Gasteiger partial charge in [0, 0.05) is 6.42 Å². The van der Waals surface area contributed by atoms with Crippen LogP contribution in [-0.2, 0) is 14.3 Å². The highest BCUT2D eigenvalue weighted by Gasteiger charge is 2.44. The number of ether oxygens (including phenoxy) is 2. The predicted molar refractivity (Wildman–Crippen MR) is 281 cm³/mol. The Labute approximate surface area is 410 Å². The van der Waals surface area contributed by atoms with Gasteiger partial charge in [-0.1, -0.05) is 234 Å². The Hall–Kier alpha value is -2.37. The van der Waals surface area contributed by atoms with Crippen molar-refractivity contribution < 1.29 is 39.8 Å². The fourth-order valence-electron chi connectivity index (χ4n) is 8.42. The lowest BCUT2D eigenvalue weighted by molar-refractivity contribution is -0.302. The van der Waals surface area contributed by atoms with E-state index in [1.807, 2.05) is 6.08 Å². The van der Waals surface area contributed by atoms with Gasteiger partial charge in [0.15, 0.2) is 6.29 Å². The molecule has 0 aromatic carbocycles. The van der Waals surface area contributed by atoms with E-state index in [1.54, 1.807) is 6.08 Å². The van der Waals surface area contributed by atoms with Crippen LogP contribution in [0.3, 0.4) is 0 Å². The minimum absolute atomic E-state index is 0.179. The summed E-state index contributed by atoms with van der Waals surface area (Å²) in [6, 6.07) is -0.805. The zero-order valence-electron chi connectivity index (χ0n) is 42.9. The molecular weight excluding hydrogens is 839 g/mol. The molecule has 7 atom stereocenters. The summed E-state index contributed by atoms with van der Waals surface area (Å²) in [7, 11) is 0. The summed E-state index contributed by atoms with van der Waals surface area (Å²) in [6.07, 6.45) is 58.3. The third kappa shape index (κ3) is 37.2. The maximum absolute atomic E-state index is 13.0. The van der Waals surface area contributed by atoms with Gasteiger partial charge in [-0.15, -0.1) is 0 Å². The van der Waals surface area contributed by atoms with Crippen LogP contribution in [0.25, 0.3) is 0 Å². The van der Waals surface area contributed by atoms with E-state index in [0.29, 0.717) is 6.42 Å². The molecule has 1 saturated heterocycles. The Bertz CT molecular complexity index is 1280. The number of nitrogens with one attached hydrogen (secondary N) is 1. The topological polar surface area (TPSA) is 149 Å². The van der Waals surface area contributed by atoms with Crippen molar-refractivity contribution in [1.82, 2.24) is 5.32 Å². The highest BCUT2D eigenvalue weighted by atomic mass is 16.7. The van der Waals surface area contributed by atoms with Gasteiger partial charge in [-0.3, -0.25) is 4.79 Å². The number of allylic oxidation sites excluding steroid dienone is 11. The second-order valence-corrected chi connectivity index (χ2v) is 19.0. The molecule has 9 heteroatoms. The van der Waals surface area contributed by atoms with E-state index in [1.165, 1.54) is 141 Å². The largest absolute Gasteiger partial charge is 0.394 e. The van der Waals surface area contributed by atoms with Crippen LogP contribution in [0, 0.1) is 0 Å². The Balaban J connectivity index is 2.12. The first-order valence-electron chi connectivity index (χ1n) is 27.7. The molecule has 0 spiro atoms. The predicted octanol–water partition coefficient (Wildman–Crippen LogP) is 13.3. The molecule has 7 unspecified atom stereocenters. The van der Waals surface area contributed by atoms with E-state index in [2.05, 4.69) is 79.9 Å². The molecule has 0 bridgehead atoms. The van der Waals surface area contributed by atoms with Gasteiger partial charge in [0.1, 0.15) is 24.4 Å². The van der Waals surface area contributed by atoms with Crippen molar-refractivity contribution >= 4 is 5.91 Å². The number of hydrogen-bond acceptors (Lipinski definition) is 8. The van der Waals surface area contributed by atoms with Crippen molar-refractivity contribution in [2.24, 2.45) is 0 Å². The molecule has 1 rings (SSSR count). The van der Waals surface area contributed by atoms with Crippen LogP contribution < -0.4 is 5.32 Å². The molecule has 0 aromatic rings. The molecule has 1 aliphatic heterocycles. The van der Waals surface area contributed by atoms with Gasteiger partial charge in [-0.25, -0.2) is 0 Å². The molecule has 388 valence electrons. The van der Waals surface area contributed by atoms with Crippen LogP contribution in [0.4, 0.5) is 0 Å². The van der Waals surface area contributed by atoms with Gasteiger partial charge in [-0.2, -0.15) is 0 Å². The number of aliphatic hydroxyl groups excluding tert-OH is 5. The van der Waals surface area contributed by atoms with Crippen LogP contribution in [-0.4, -0.2) is 87.5 Å². The fourth-order valence-corrected chi connectivity index (χ4v) is 8.42. The van der Waals surface area contributed by atoms with Crippen molar-refractivity contribution in [1.29, 1.82) is 0 Å². The first kappa shape index (κ1) is 62.6. The van der Waals surface area contributed by atoms with E-state index < -0.39 is 49.5 Å². The van der Waals surface area contributed by atoms with Gasteiger partial charge < -0.3 is 40.3 Å². The molecule has 1 aliphatic rings. The molecule has 6 N–H and O–H groups in total. The lowest BCUT2D eigenvalue weighted by Gasteiger charge is -2.40. The molecule has 67 heavy (non-hydrogen) atoms. The average Bonchev–Trinajstić information content (AvgIpc) is 3.33. The highest BCUT2D eigenvalue weighted by Crippen LogP contribution is 2.23. The summed E-state index contributed by atoms with van der Waals surface area (Å²) in [4.78, 5) is 13.0. The van der Waals surface area contributed by atoms with E-state index >= 15 is 0 Å². The lowest BCUT2D eigenvalue weighted by Crippen LogP contribution is -2.60. The van der Waals surface area contributed by atoms with E-state index in [0.717, 1.165) is 70.6 Å². The normalized spacial score (nSPS) is 20.3. The van der Waals surface area contributed by atoms with Crippen molar-refractivity contribution in [3.63, 3.8) is 0 Å². The van der Waals surface area contributed by atoms with Crippen molar-refractivity contribution in [2.75, 3.05) is 13.2 Å². The second-order valence-electron chi connectivity index (χ2n) is 19.0. The third-order valence-electron chi connectivity index (χ3n) is 12.8. The molecule has 0 radical (unpaired) electrons. The first-order valence-corrected chi connectivity index (χ1v) is 27.7. The quantitative estimate of drug-likeness (QED) is 0.0261. The van der Waals surface area contributed by atoms with Crippen molar-refractivity contribution in [3.05, 3.63) is 72.9 Å². The number of carbonyl (C=O) groups is 1. The zero-order chi connectivity index (χ0) is 48.7. The summed E-state index contributed by atoms with van der Waals surface area (Å²) >= 11 is 0. The van der Waals surface area contributed by atoms with Crippen molar-refractivity contribution in [3.8, 4) is 0 Å². The molecule has 1 heterocycles. The summed E-state index contributed by atoms with van der Waals surface area (Å²) in [5.41, 5.74) is 0. The minimum Gasteiger partial charge on any atom is -0.394 e. The maximum Gasteiger partial charge on any atom is 0.220 e. The smallest absolute Gasteiger partial charge is 0.220 e. The molecular formula is C58H103NO8. The molecule has 1 fully saturated rings. The highest BCUT2D eigenvalue weighted by molar-refractivity contribution is 5.76. The Morgan fingerprint density at radius 3 is 1.37 bits per heavy atom. The molecule has 0 aliphatic carbocycles. The van der Waals surface area contributed by atoms with Crippen LogP contribution in [0.1, 0.15) is 232 Å². The average molecular weight is 942 g/mol. The number of hydrogen-bond donors (Lipinski definition) is 6. The number of carbonyl (C=O) groups excluding carboxylic acids is 1. The van der Waals surface area contributed by atoms with Crippen LogP contribution in [0.2, 0.25) is 0 Å². The van der Waals surface area contributed by atoms with Crippen molar-refractivity contribution in [2.45, 2.75) is 275 Å². The van der Waals surface area contributed by atoms with E-state index in [-0.39, 0.29) is 12.5 Å². The summed E-state index contributed by atoms with van der Waals surface area (Å²) < 4.78 is 11.2. The Morgan fingerprint density at radius 2 is 0.925 bits per heavy atom. The summed E-state index contributed by atoms with van der Waals surface area (Å²) in [6.45, 7) is 3.65. The molecule has 0 saturated carbocycles. The van der Waals surface area contributed by atoms with Crippen LogP contribution >= 0.6 is 0 Å². The van der Waals surface area contributed by atoms with Gasteiger partial charge in [0.05, 0.1) is 25.4 Å². The van der Waals surface area contributed by atoms with Gasteiger partial charge in [0.2, 0.25) is 5.91 Å². The Kier molecular flexibility index (Phi) is 44.2. The molecule has 9 nitrogen and oxygen atoms in total. The summed E-state index contributed by atoms with van der Waals surface area (Å²) in [5, 5.41) is 54.3. The van der Waals surface area contributed by atoms with Gasteiger partial charge in [-0.05, 0) is 64.2 Å². The number of rotatable bonds is 46. The summed E-state index contributed by atoms with van der Waals surface area (Å²) in [5.74, 6) is -0.179. The fraction of sp³-hybridized carbons (Fsp3) is 0.776. The van der Waals surface area contributed by atoms with Gasteiger partial charge in [0.25, 0.3) is 0 Å². The molecule has 0 aromatic heterocycles. The standard InChI is InChI=1S/C58H103NO8/c1-3-5-7-9-11-13-15-16-17-18-19-20-21-22-23-24-25-26-27-28-29-30-31-32-33-34-35-36-38-40-42-44-46-48-54(62)59-51(50-66-58-57(65)56(64)55(63)53(49-60)67-58)52(61)47-45-43-41-39-37-14-12-10-8-6-4-2/h5,7,11,13,16-17,19-20,22-23,45,47,51-53,55-58,60-61,63-65H,3-4,6,8-10,12,14-15,18,21,24-44,46,48-50H2,1-2H3,(H,59,62)/b7-5-,13-11-,17-16-,20-19-,23-22-,47-45+. The van der Waals surface area contributed by atoms with Gasteiger partial charge >= 0.3 is 0 Å². The van der Waals surface area contributed by atoms with Crippen LogP contribution in [0.5, 0.6) is 0 Å². The third-order valence-corrected chi connectivity index (χ3v) is 12.8. The van der Waals surface area contributed by atoms with Crippen LogP contribution in [0.15, 0.2) is 72.9 Å². The number of unbranched alkanes of at least 4 members (excludes halogenated alkanes) is 26. The SMILES string of the molecule is CC/C=C\C/C=C\C/C=C\C/C=C\C/C=C\CCCCCCCCCCCCCCCCCCCC(=O)NC(COC1OC(CO)C(O)C(O)C1O)C(O)/C=C/CCCCCCCCCCC. The zero-order valence-corrected chi connectivity index (χ0v) is 42.9. The molecule has 1 amide bonds. The number of aliphatic hydroxyl groups is 5. The first-order chi connectivity index (χ1) is 32.8. The Morgan fingerprint density at radius 1 is 0.522 bits per heavy atom. The minimum atomic E-state index is -1.57. The maximum atomic E-state index is 13.0. The monoisotopic (exact) mass is 942 g/mol.